The Hall–Kier alpha value is -7.30. The average Bonchev–Trinajstić information content (AvgIpc) is 3.31. The van der Waals surface area contributed by atoms with Gasteiger partial charge in [-0.15, -0.1) is 21.9 Å². The SMILES string of the molecule is Fc1c(F)c([B-](c2c(F)c(F)c(-c3ccccc3)c(F)c2F)(c2c(F)c(F)c(-c3ccccc3)c(F)c2F)c2c(F)c(F)c(-c3ccccc3)c(F)c2F)c(F)c(F)c1-c1ccccc1. The molecule has 17 heteroatoms. The summed E-state index contributed by atoms with van der Waals surface area (Å²) in [5, 5.41) is 0. The van der Waals surface area contributed by atoms with Gasteiger partial charge in [0.05, 0.1) is 22.3 Å². The largest absolute Gasteiger partial charge is 0.207 e. The molecule has 0 aliphatic heterocycles. The van der Waals surface area contributed by atoms with E-state index in [-0.39, 0.29) is 0 Å². The van der Waals surface area contributed by atoms with Crippen molar-refractivity contribution in [1.82, 2.24) is 0 Å². The van der Waals surface area contributed by atoms with E-state index in [1.54, 1.807) is 0 Å². The van der Waals surface area contributed by atoms with E-state index in [2.05, 4.69) is 0 Å². The van der Waals surface area contributed by atoms with Crippen LogP contribution in [-0.4, -0.2) is 6.15 Å². The lowest BCUT2D eigenvalue weighted by atomic mass is 9.12. The molecule has 0 radical (unpaired) electrons. The third-order valence-corrected chi connectivity index (χ3v) is 11.2. The summed E-state index contributed by atoms with van der Waals surface area (Å²) in [4.78, 5) is 0. The first-order valence-corrected chi connectivity index (χ1v) is 18.8. The van der Waals surface area contributed by atoms with E-state index in [1.165, 1.54) is 24.3 Å². The minimum atomic E-state index is -6.85. The summed E-state index contributed by atoms with van der Waals surface area (Å²) in [7, 11) is 0. The molecular formula is C48H20BF16-. The summed E-state index contributed by atoms with van der Waals surface area (Å²) < 4.78 is 271. The lowest BCUT2D eigenvalue weighted by molar-refractivity contribution is 0.457. The van der Waals surface area contributed by atoms with Crippen LogP contribution in [0, 0.1) is 93.1 Å². The Morgan fingerprint density at radius 2 is 0.323 bits per heavy atom. The van der Waals surface area contributed by atoms with Crippen LogP contribution < -0.4 is 21.9 Å². The van der Waals surface area contributed by atoms with Gasteiger partial charge in [-0.3, -0.25) is 0 Å². The molecule has 8 aromatic rings. The van der Waals surface area contributed by atoms with Gasteiger partial charge in [-0.25, -0.2) is 70.2 Å². The number of halogens is 16. The maximum Gasteiger partial charge on any atom is 0.166 e. The minimum absolute atomic E-state index is 0.755. The van der Waals surface area contributed by atoms with Crippen LogP contribution in [0.25, 0.3) is 44.5 Å². The van der Waals surface area contributed by atoms with E-state index in [9.17, 15) is 0 Å². The van der Waals surface area contributed by atoms with E-state index in [1.807, 2.05) is 0 Å². The first kappa shape index (κ1) is 44.3. The molecule has 65 heavy (non-hydrogen) atoms. The predicted molar refractivity (Wildman–Crippen MR) is 211 cm³/mol. The molecule has 0 saturated heterocycles. The van der Waals surface area contributed by atoms with Crippen molar-refractivity contribution in [2.24, 2.45) is 0 Å². The van der Waals surface area contributed by atoms with E-state index in [4.69, 9.17) is 0 Å². The fraction of sp³-hybridized carbons (Fsp3) is 0. The monoisotopic (exact) mass is 911 g/mol. The molecule has 0 unspecified atom stereocenters. The lowest BCUT2D eigenvalue weighted by Gasteiger charge is -2.45. The van der Waals surface area contributed by atoms with Crippen molar-refractivity contribution in [2.45, 2.75) is 0 Å². The van der Waals surface area contributed by atoms with Crippen LogP contribution >= 0.6 is 0 Å². The molecule has 0 aromatic heterocycles. The summed E-state index contributed by atoms with van der Waals surface area (Å²) in [6.45, 7) is 0. The Labute approximate surface area is 356 Å². The fourth-order valence-electron chi connectivity index (χ4n) is 8.41. The van der Waals surface area contributed by atoms with Crippen LogP contribution in [0.2, 0.25) is 0 Å². The van der Waals surface area contributed by atoms with Gasteiger partial charge in [0.15, 0.2) is 46.5 Å². The smallest absolute Gasteiger partial charge is 0.166 e. The molecule has 0 spiro atoms. The highest BCUT2D eigenvalue weighted by Gasteiger charge is 2.52. The molecule has 0 heterocycles. The normalized spacial score (nSPS) is 11.7. The van der Waals surface area contributed by atoms with Gasteiger partial charge in [-0.1, -0.05) is 121 Å². The van der Waals surface area contributed by atoms with Crippen molar-refractivity contribution in [3.8, 4) is 44.5 Å². The summed E-state index contributed by atoms with van der Waals surface area (Å²) in [6.07, 6.45) is -6.85. The maximum atomic E-state index is 17.3. The summed E-state index contributed by atoms with van der Waals surface area (Å²) in [6, 6.07) is 20.0. The number of hydrogen-bond donors (Lipinski definition) is 0. The second kappa shape index (κ2) is 16.7. The molecule has 8 aromatic carbocycles. The zero-order valence-corrected chi connectivity index (χ0v) is 32.2. The van der Waals surface area contributed by atoms with Crippen LogP contribution in [0.5, 0.6) is 0 Å². The van der Waals surface area contributed by atoms with Gasteiger partial charge in [-0.05, 0) is 22.3 Å². The molecular weight excluding hydrogens is 891 g/mol. The summed E-state index contributed by atoms with van der Waals surface area (Å²) in [5.41, 5.74) is -22.1. The molecule has 0 saturated carbocycles. The summed E-state index contributed by atoms with van der Waals surface area (Å²) in [5.74, 6) is -46.8. The van der Waals surface area contributed by atoms with Crippen molar-refractivity contribution in [3.05, 3.63) is 214 Å². The van der Waals surface area contributed by atoms with Gasteiger partial charge >= 0.3 is 0 Å². The number of hydrogen-bond acceptors (Lipinski definition) is 0. The van der Waals surface area contributed by atoms with Crippen molar-refractivity contribution in [2.75, 3.05) is 0 Å². The average molecular weight is 911 g/mol. The highest BCUT2D eigenvalue weighted by molar-refractivity contribution is 7.20. The molecule has 0 amide bonds. The van der Waals surface area contributed by atoms with Crippen molar-refractivity contribution < 1.29 is 70.2 Å². The Morgan fingerprint density at radius 1 is 0.185 bits per heavy atom. The lowest BCUT2D eigenvalue weighted by Crippen LogP contribution is -2.81. The van der Waals surface area contributed by atoms with E-state index < -0.39 is 166 Å². The molecule has 328 valence electrons. The quantitative estimate of drug-likeness (QED) is 0.0810. The Morgan fingerprint density at radius 3 is 0.462 bits per heavy atom. The van der Waals surface area contributed by atoms with Crippen LogP contribution in [-0.2, 0) is 0 Å². The molecule has 0 aliphatic carbocycles. The van der Waals surface area contributed by atoms with Crippen LogP contribution in [0.4, 0.5) is 70.2 Å². The van der Waals surface area contributed by atoms with Gasteiger partial charge in [0.1, 0.15) is 52.7 Å². The highest BCUT2D eigenvalue weighted by Crippen LogP contribution is 2.38. The standard InChI is InChI=1S/C48H20BF16/c50-33-25(21-13-5-1-6-14-21)34(51)42(59)29(41(33)58)49(30-43(60)35(52)26(36(53)44(30)61)22-15-7-2-8-16-22,31-45(62)37(54)27(38(55)46(31)63)23-17-9-3-10-18-23)32-47(64)39(56)28(40(57)48(32)65)24-19-11-4-12-20-24/h1-20H/q-1. The number of benzene rings is 8. The van der Waals surface area contributed by atoms with Crippen LogP contribution in [0.3, 0.4) is 0 Å². The van der Waals surface area contributed by atoms with Crippen LogP contribution in [0.1, 0.15) is 0 Å². The predicted octanol–water partition coefficient (Wildman–Crippen LogP) is 12.0. The van der Waals surface area contributed by atoms with Gasteiger partial charge in [0.2, 0.25) is 0 Å². The van der Waals surface area contributed by atoms with E-state index in [0.717, 1.165) is 97.1 Å². The van der Waals surface area contributed by atoms with Gasteiger partial charge in [-0.2, -0.15) is 0 Å². The second-order valence-corrected chi connectivity index (χ2v) is 14.5. The van der Waals surface area contributed by atoms with Crippen molar-refractivity contribution in [3.63, 3.8) is 0 Å². The van der Waals surface area contributed by atoms with Crippen molar-refractivity contribution in [1.29, 1.82) is 0 Å². The van der Waals surface area contributed by atoms with Gasteiger partial charge in [0.25, 0.3) is 0 Å². The molecule has 0 nitrogen and oxygen atoms in total. The van der Waals surface area contributed by atoms with E-state index in [0.29, 0.717) is 0 Å². The first-order valence-electron chi connectivity index (χ1n) is 18.8. The zero-order valence-electron chi connectivity index (χ0n) is 32.2. The van der Waals surface area contributed by atoms with Gasteiger partial charge < -0.3 is 0 Å². The number of rotatable bonds is 8. The maximum absolute atomic E-state index is 17.3. The summed E-state index contributed by atoms with van der Waals surface area (Å²) >= 11 is 0. The Bertz CT molecular complexity index is 2650. The second-order valence-electron chi connectivity index (χ2n) is 14.5. The van der Waals surface area contributed by atoms with Crippen molar-refractivity contribution >= 4 is 28.0 Å². The topological polar surface area (TPSA) is 0 Å². The molecule has 0 atom stereocenters. The Kier molecular flexibility index (Phi) is 11.4. The third kappa shape index (κ3) is 6.57. The molecule has 0 aliphatic rings. The zero-order chi connectivity index (χ0) is 46.8. The molecule has 0 N–H and O–H groups in total. The Balaban J connectivity index is 1.72. The highest BCUT2D eigenvalue weighted by atomic mass is 19.2. The van der Waals surface area contributed by atoms with Gasteiger partial charge in [0, 0.05) is 0 Å². The molecule has 0 fully saturated rings. The van der Waals surface area contributed by atoms with Crippen LogP contribution in [0.15, 0.2) is 121 Å². The van der Waals surface area contributed by atoms with E-state index >= 15 is 70.2 Å². The minimum Gasteiger partial charge on any atom is -0.207 e. The first-order chi connectivity index (χ1) is 31.0. The molecule has 8 rings (SSSR count). The fourth-order valence-corrected chi connectivity index (χ4v) is 8.41. The molecule has 0 bridgehead atoms. The third-order valence-electron chi connectivity index (χ3n) is 11.2.